The molecule has 0 saturated heterocycles. The van der Waals surface area contributed by atoms with Gasteiger partial charge in [0.1, 0.15) is 5.82 Å². The van der Waals surface area contributed by atoms with Crippen molar-refractivity contribution >= 4 is 5.91 Å². The third-order valence-corrected chi connectivity index (χ3v) is 3.26. The molecule has 0 radical (unpaired) electrons. The first kappa shape index (κ1) is 14.7. The molecule has 2 heterocycles. The van der Waals surface area contributed by atoms with E-state index in [1.54, 1.807) is 4.90 Å². The number of alkyl halides is 3. The van der Waals surface area contributed by atoms with Crippen molar-refractivity contribution in [2.75, 3.05) is 13.1 Å². The highest BCUT2D eigenvalue weighted by Gasteiger charge is 2.40. The quantitative estimate of drug-likeness (QED) is 0.765. The summed E-state index contributed by atoms with van der Waals surface area (Å²) in [5.41, 5.74) is 10.7. The Hall–Kier alpha value is -1.68. The third kappa shape index (κ3) is 2.90. The van der Waals surface area contributed by atoms with Crippen LogP contribution in [0, 0.1) is 0 Å². The smallest absolute Gasteiger partial charge is 0.370 e. The number of carbonyl (C=O) groups excluding carboxylic acids is 1. The van der Waals surface area contributed by atoms with Crippen LogP contribution in [0.1, 0.15) is 18.1 Å². The molecule has 112 valence electrons. The molecule has 1 amide bonds. The molecule has 1 unspecified atom stereocenters. The van der Waals surface area contributed by atoms with Crippen molar-refractivity contribution in [3.63, 3.8) is 0 Å². The monoisotopic (exact) mass is 292 g/mol. The summed E-state index contributed by atoms with van der Waals surface area (Å²) in [4.78, 5) is 12.8. The van der Waals surface area contributed by atoms with Crippen LogP contribution in [0.4, 0.5) is 13.2 Å². The van der Waals surface area contributed by atoms with Crippen molar-refractivity contribution in [2.45, 2.75) is 31.7 Å². The molecule has 0 spiro atoms. The second-order valence-electron chi connectivity index (χ2n) is 4.62. The zero-order valence-corrected chi connectivity index (χ0v) is 10.6. The largest absolute Gasteiger partial charge is 0.451 e. The minimum absolute atomic E-state index is 0.0662. The zero-order chi connectivity index (χ0) is 14.9. The first-order valence-electron chi connectivity index (χ1n) is 6.04. The minimum Gasteiger partial charge on any atom is -0.370 e. The highest BCUT2D eigenvalue weighted by atomic mass is 19.4. The number of halogens is 3. The Morgan fingerprint density at radius 1 is 1.35 bits per heavy atom. The molecule has 1 aromatic heterocycles. The lowest BCUT2D eigenvalue weighted by Gasteiger charge is -2.33. The number of carbonyl (C=O) groups is 1. The van der Waals surface area contributed by atoms with E-state index < -0.39 is 17.9 Å². The molecule has 1 aliphatic rings. The number of nitrogens with zero attached hydrogens (tertiary/aromatic N) is 4. The van der Waals surface area contributed by atoms with E-state index in [1.807, 2.05) is 0 Å². The van der Waals surface area contributed by atoms with Gasteiger partial charge in [-0.1, -0.05) is 0 Å². The Morgan fingerprint density at radius 3 is 2.60 bits per heavy atom. The van der Waals surface area contributed by atoms with E-state index in [9.17, 15) is 18.0 Å². The Labute approximate surface area is 112 Å². The van der Waals surface area contributed by atoms with Gasteiger partial charge in [0.25, 0.3) is 0 Å². The van der Waals surface area contributed by atoms with Gasteiger partial charge < -0.3 is 16.0 Å². The average molecular weight is 292 g/mol. The Kier molecular flexibility index (Phi) is 3.95. The fourth-order valence-electron chi connectivity index (χ4n) is 2.29. The number of nitrogens with two attached hydrogens (primary N) is 2. The average Bonchev–Trinajstić information content (AvgIpc) is 2.78. The first-order valence-corrected chi connectivity index (χ1v) is 6.04. The summed E-state index contributed by atoms with van der Waals surface area (Å²) < 4.78 is 39.1. The molecule has 1 aromatic rings. The number of rotatable bonds is 4. The lowest BCUT2D eigenvalue weighted by Crippen LogP contribution is -2.47. The van der Waals surface area contributed by atoms with Gasteiger partial charge in [0, 0.05) is 32.1 Å². The van der Waals surface area contributed by atoms with Crippen LogP contribution >= 0.6 is 0 Å². The molecule has 10 heteroatoms. The van der Waals surface area contributed by atoms with Gasteiger partial charge in [-0.15, -0.1) is 10.2 Å². The van der Waals surface area contributed by atoms with E-state index in [1.165, 1.54) is 0 Å². The molecule has 2 rings (SSSR count). The molecule has 0 bridgehead atoms. The van der Waals surface area contributed by atoms with Crippen LogP contribution in [0.3, 0.4) is 0 Å². The zero-order valence-electron chi connectivity index (χ0n) is 10.6. The molecule has 0 aliphatic carbocycles. The molecule has 4 N–H and O–H groups in total. The van der Waals surface area contributed by atoms with E-state index in [0.717, 1.165) is 4.57 Å². The van der Waals surface area contributed by atoms with Gasteiger partial charge in [-0.2, -0.15) is 13.2 Å². The number of hydrogen-bond acceptors (Lipinski definition) is 5. The highest BCUT2D eigenvalue weighted by Crippen LogP contribution is 2.29. The van der Waals surface area contributed by atoms with E-state index in [2.05, 4.69) is 10.2 Å². The topological polar surface area (TPSA) is 103 Å². The van der Waals surface area contributed by atoms with Crippen LogP contribution < -0.4 is 11.5 Å². The highest BCUT2D eigenvalue weighted by molar-refractivity contribution is 5.74. The van der Waals surface area contributed by atoms with E-state index in [4.69, 9.17) is 11.5 Å². The molecule has 1 atom stereocenters. The van der Waals surface area contributed by atoms with Crippen molar-refractivity contribution in [1.82, 2.24) is 19.7 Å². The van der Waals surface area contributed by atoms with Crippen molar-refractivity contribution in [3.8, 4) is 0 Å². The van der Waals surface area contributed by atoms with Crippen LogP contribution in [0.2, 0.25) is 0 Å². The van der Waals surface area contributed by atoms with Crippen LogP contribution in [-0.2, 0) is 24.1 Å². The fraction of sp³-hybridized carbons (Fsp3) is 0.700. The van der Waals surface area contributed by atoms with Crippen LogP contribution in [0.5, 0.6) is 0 Å². The third-order valence-electron chi connectivity index (χ3n) is 3.26. The summed E-state index contributed by atoms with van der Waals surface area (Å²) in [5, 5.41) is 6.75. The van der Waals surface area contributed by atoms with Crippen molar-refractivity contribution < 1.29 is 18.0 Å². The minimum atomic E-state index is -4.52. The van der Waals surface area contributed by atoms with Gasteiger partial charge in [0.2, 0.25) is 11.7 Å². The van der Waals surface area contributed by atoms with Gasteiger partial charge in [-0.05, 0) is 0 Å². The number of primary amides is 1. The van der Waals surface area contributed by atoms with Gasteiger partial charge in [-0.25, -0.2) is 0 Å². The Balaban J connectivity index is 2.16. The molecule has 0 aromatic carbocycles. The van der Waals surface area contributed by atoms with Crippen molar-refractivity contribution in [1.29, 1.82) is 0 Å². The lowest BCUT2D eigenvalue weighted by atomic mass is 10.1. The standard InChI is InChI=1S/C10H15F3N6O/c11-10(12,13)9-17-16-8-5-18(1-2-19(8)9)6(4-14)3-7(15)20/h6H,1-5,14H2,(H2,15,20). The van der Waals surface area contributed by atoms with E-state index >= 15 is 0 Å². The second-order valence-corrected chi connectivity index (χ2v) is 4.62. The lowest BCUT2D eigenvalue weighted by molar-refractivity contribution is -0.148. The van der Waals surface area contributed by atoms with E-state index in [-0.39, 0.29) is 37.9 Å². The van der Waals surface area contributed by atoms with Crippen LogP contribution in [0.25, 0.3) is 0 Å². The summed E-state index contributed by atoms with van der Waals surface area (Å²) in [6.07, 6.45) is -4.45. The molecular formula is C10H15F3N6O. The fourth-order valence-corrected chi connectivity index (χ4v) is 2.29. The predicted molar refractivity (Wildman–Crippen MR) is 62.1 cm³/mol. The van der Waals surface area contributed by atoms with Crippen LogP contribution in [0.15, 0.2) is 0 Å². The predicted octanol–water partition coefficient (Wildman–Crippen LogP) is -0.685. The number of aromatic nitrogens is 3. The van der Waals surface area contributed by atoms with Gasteiger partial charge in [0.15, 0.2) is 0 Å². The first-order chi connectivity index (χ1) is 9.32. The second kappa shape index (κ2) is 5.37. The summed E-state index contributed by atoms with van der Waals surface area (Å²) in [7, 11) is 0. The molecule has 20 heavy (non-hydrogen) atoms. The summed E-state index contributed by atoms with van der Waals surface area (Å²) in [6.45, 7) is 0.803. The SMILES string of the molecule is NCC(CC(N)=O)N1CCn2c(nnc2C(F)(F)F)C1. The number of amides is 1. The summed E-state index contributed by atoms with van der Waals surface area (Å²) in [6, 6.07) is -0.299. The maximum Gasteiger partial charge on any atom is 0.451 e. The molecular weight excluding hydrogens is 277 g/mol. The summed E-state index contributed by atoms with van der Waals surface area (Å²) in [5.74, 6) is -1.28. The normalized spacial score (nSPS) is 17.8. The van der Waals surface area contributed by atoms with Crippen molar-refractivity contribution in [2.24, 2.45) is 11.5 Å². The number of hydrogen-bond donors (Lipinski definition) is 2. The molecule has 1 aliphatic heterocycles. The maximum atomic E-state index is 12.7. The van der Waals surface area contributed by atoms with Gasteiger partial charge >= 0.3 is 6.18 Å². The van der Waals surface area contributed by atoms with E-state index in [0.29, 0.717) is 6.54 Å². The van der Waals surface area contributed by atoms with Crippen molar-refractivity contribution in [3.05, 3.63) is 11.6 Å². The van der Waals surface area contributed by atoms with Gasteiger partial charge in [-0.3, -0.25) is 9.69 Å². The Bertz CT molecular complexity index is 500. The molecule has 0 fully saturated rings. The maximum absolute atomic E-state index is 12.7. The summed E-state index contributed by atoms with van der Waals surface area (Å²) >= 11 is 0. The molecule has 7 nitrogen and oxygen atoms in total. The van der Waals surface area contributed by atoms with Gasteiger partial charge in [0.05, 0.1) is 6.54 Å². The molecule has 0 saturated carbocycles. The van der Waals surface area contributed by atoms with Crippen LogP contribution in [-0.4, -0.2) is 44.7 Å². The number of fused-ring (bicyclic) bond motifs is 1. The Morgan fingerprint density at radius 2 is 2.05 bits per heavy atom.